The van der Waals surface area contributed by atoms with Gasteiger partial charge in [0.05, 0.1) is 0 Å². The third-order valence-electron chi connectivity index (χ3n) is 2.66. The molecule has 0 fully saturated rings. The summed E-state index contributed by atoms with van der Waals surface area (Å²) in [5.74, 6) is -0.166. The molecule has 0 aliphatic rings. The Morgan fingerprint density at radius 3 is 2.19 bits per heavy atom. The van der Waals surface area contributed by atoms with Crippen molar-refractivity contribution in [1.29, 1.82) is 0 Å². The molecule has 1 unspecified atom stereocenters. The van der Waals surface area contributed by atoms with Crippen LogP contribution in [0.15, 0.2) is 24.3 Å². The molecule has 1 atom stereocenters. The Morgan fingerprint density at radius 2 is 1.75 bits per heavy atom. The van der Waals surface area contributed by atoms with Crippen molar-refractivity contribution >= 4 is 0 Å². The Labute approximate surface area is 98.1 Å². The first-order valence-electron chi connectivity index (χ1n) is 5.82. The van der Waals surface area contributed by atoms with Crippen LogP contribution in [0.2, 0.25) is 0 Å². The highest BCUT2D eigenvalue weighted by molar-refractivity contribution is 5.17. The summed E-state index contributed by atoms with van der Waals surface area (Å²) in [4.78, 5) is 0. The first kappa shape index (κ1) is 13.2. The van der Waals surface area contributed by atoms with E-state index >= 15 is 0 Å². The summed E-state index contributed by atoms with van der Waals surface area (Å²) < 4.78 is 12.8. The molecule has 0 heterocycles. The van der Waals surface area contributed by atoms with Gasteiger partial charge in [-0.1, -0.05) is 32.9 Å². The van der Waals surface area contributed by atoms with E-state index in [1.54, 1.807) is 0 Å². The number of likely N-dealkylation sites (N-methyl/N-ethyl adjacent to an activating group) is 1. The fraction of sp³-hybridized carbons (Fsp3) is 0.571. The molecule has 0 aromatic heterocycles. The lowest BCUT2D eigenvalue weighted by molar-refractivity contribution is 0.316. The molecule has 2 heteroatoms. The third kappa shape index (κ3) is 4.75. The average molecular weight is 223 g/mol. The van der Waals surface area contributed by atoms with Crippen LogP contribution in [0, 0.1) is 11.2 Å². The lowest BCUT2D eigenvalue weighted by Crippen LogP contribution is -2.32. The predicted octanol–water partition coefficient (Wildman–Crippen LogP) is 3.39. The van der Waals surface area contributed by atoms with Crippen molar-refractivity contribution in [3.05, 3.63) is 35.6 Å². The van der Waals surface area contributed by atoms with Crippen LogP contribution in [0.5, 0.6) is 0 Å². The summed E-state index contributed by atoms with van der Waals surface area (Å²) in [7, 11) is 1.99. The molecule has 90 valence electrons. The van der Waals surface area contributed by atoms with E-state index in [-0.39, 0.29) is 5.82 Å². The van der Waals surface area contributed by atoms with E-state index in [9.17, 15) is 4.39 Å². The molecule has 0 aliphatic heterocycles. The van der Waals surface area contributed by atoms with Gasteiger partial charge in [-0.15, -0.1) is 0 Å². The predicted molar refractivity (Wildman–Crippen MR) is 67.0 cm³/mol. The number of benzene rings is 1. The maximum atomic E-state index is 12.8. The van der Waals surface area contributed by atoms with Crippen molar-refractivity contribution in [1.82, 2.24) is 5.32 Å². The third-order valence-corrected chi connectivity index (χ3v) is 2.66. The summed E-state index contributed by atoms with van der Waals surface area (Å²) in [6.07, 6.45) is 2.06. The Bertz CT molecular complexity index is 311. The minimum Gasteiger partial charge on any atom is -0.317 e. The van der Waals surface area contributed by atoms with Gasteiger partial charge < -0.3 is 5.32 Å². The highest BCUT2D eigenvalue weighted by atomic mass is 19.1. The second-order valence-electron chi connectivity index (χ2n) is 5.58. The van der Waals surface area contributed by atoms with E-state index in [4.69, 9.17) is 0 Å². The van der Waals surface area contributed by atoms with Gasteiger partial charge in [0.15, 0.2) is 0 Å². The van der Waals surface area contributed by atoms with Crippen LogP contribution in [0.1, 0.15) is 32.8 Å². The Kier molecular flexibility index (Phi) is 4.48. The van der Waals surface area contributed by atoms with E-state index in [1.807, 2.05) is 19.2 Å². The molecular formula is C14H22FN. The molecule has 16 heavy (non-hydrogen) atoms. The molecule has 0 saturated heterocycles. The highest BCUT2D eigenvalue weighted by Gasteiger charge is 2.17. The summed E-state index contributed by atoms with van der Waals surface area (Å²) in [5, 5.41) is 3.33. The fourth-order valence-corrected chi connectivity index (χ4v) is 1.92. The molecule has 1 N–H and O–H groups in total. The molecule has 1 aromatic rings. The van der Waals surface area contributed by atoms with Gasteiger partial charge in [0.2, 0.25) is 0 Å². The zero-order valence-corrected chi connectivity index (χ0v) is 10.7. The monoisotopic (exact) mass is 223 g/mol. The normalized spacial score (nSPS) is 13.8. The zero-order valence-electron chi connectivity index (χ0n) is 10.7. The van der Waals surface area contributed by atoms with Crippen LogP contribution in [-0.2, 0) is 6.42 Å². The van der Waals surface area contributed by atoms with Gasteiger partial charge in [-0.3, -0.25) is 0 Å². The maximum Gasteiger partial charge on any atom is 0.123 e. The van der Waals surface area contributed by atoms with Crippen LogP contribution >= 0.6 is 0 Å². The standard InChI is InChI=1S/C14H22FN/c1-14(2,3)10-13(16-4)9-11-5-7-12(15)8-6-11/h5-8,13,16H,9-10H2,1-4H3. The molecule has 1 aromatic carbocycles. The zero-order chi connectivity index (χ0) is 12.2. The number of nitrogens with one attached hydrogen (secondary N) is 1. The lowest BCUT2D eigenvalue weighted by Gasteiger charge is -2.25. The van der Waals surface area contributed by atoms with Gasteiger partial charge in [0.1, 0.15) is 5.82 Å². The number of halogens is 1. The van der Waals surface area contributed by atoms with Gasteiger partial charge in [-0.05, 0) is 43.0 Å². The minimum atomic E-state index is -0.166. The van der Waals surface area contributed by atoms with Gasteiger partial charge in [-0.2, -0.15) is 0 Å². The van der Waals surface area contributed by atoms with Gasteiger partial charge in [0, 0.05) is 6.04 Å². The molecule has 0 spiro atoms. The summed E-state index contributed by atoms with van der Waals surface area (Å²) in [6, 6.07) is 7.23. The molecule has 0 radical (unpaired) electrons. The van der Waals surface area contributed by atoms with Crippen LogP contribution in [0.4, 0.5) is 4.39 Å². The molecule has 0 amide bonds. The second kappa shape index (κ2) is 5.44. The van der Waals surface area contributed by atoms with Crippen molar-refractivity contribution in [2.45, 2.75) is 39.7 Å². The van der Waals surface area contributed by atoms with E-state index in [0.29, 0.717) is 11.5 Å². The van der Waals surface area contributed by atoms with E-state index in [0.717, 1.165) is 12.8 Å². The quantitative estimate of drug-likeness (QED) is 0.825. The highest BCUT2D eigenvalue weighted by Crippen LogP contribution is 2.22. The van der Waals surface area contributed by atoms with Crippen molar-refractivity contribution in [2.24, 2.45) is 5.41 Å². The molecule has 1 nitrogen and oxygen atoms in total. The van der Waals surface area contributed by atoms with Crippen molar-refractivity contribution < 1.29 is 4.39 Å². The van der Waals surface area contributed by atoms with Crippen LogP contribution in [0.25, 0.3) is 0 Å². The SMILES string of the molecule is CNC(Cc1ccc(F)cc1)CC(C)(C)C. The van der Waals surface area contributed by atoms with Crippen molar-refractivity contribution in [3.8, 4) is 0 Å². The molecule has 0 aliphatic carbocycles. The first-order valence-corrected chi connectivity index (χ1v) is 5.82. The molecule has 0 saturated carbocycles. The Balaban J connectivity index is 2.60. The van der Waals surface area contributed by atoms with Crippen LogP contribution in [0.3, 0.4) is 0 Å². The van der Waals surface area contributed by atoms with Crippen LogP contribution in [-0.4, -0.2) is 13.1 Å². The van der Waals surface area contributed by atoms with Crippen molar-refractivity contribution in [2.75, 3.05) is 7.05 Å². The van der Waals surface area contributed by atoms with Crippen molar-refractivity contribution in [3.63, 3.8) is 0 Å². The second-order valence-corrected chi connectivity index (χ2v) is 5.58. The first-order chi connectivity index (χ1) is 7.40. The number of hydrogen-bond donors (Lipinski definition) is 1. The number of rotatable bonds is 4. The largest absolute Gasteiger partial charge is 0.317 e. The topological polar surface area (TPSA) is 12.0 Å². The van der Waals surface area contributed by atoms with E-state index in [2.05, 4.69) is 26.1 Å². The van der Waals surface area contributed by atoms with E-state index in [1.165, 1.54) is 17.7 Å². The summed E-state index contributed by atoms with van der Waals surface area (Å²) in [5.41, 5.74) is 1.50. The Hall–Kier alpha value is -0.890. The fourth-order valence-electron chi connectivity index (χ4n) is 1.92. The van der Waals surface area contributed by atoms with Gasteiger partial charge >= 0.3 is 0 Å². The lowest BCUT2D eigenvalue weighted by atomic mass is 9.86. The molecule has 1 rings (SSSR count). The molecular weight excluding hydrogens is 201 g/mol. The maximum absolute atomic E-state index is 12.8. The van der Waals surface area contributed by atoms with E-state index < -0.39 is 0 Å². The van der Waals surface area contributed by atoms with Crippen LogP contribution < -0.4 is 5.32 Å². The summed E-state index contributed by atoms with van der Waals surface area (Å²) >= 11 is 0. The number of hydrogen-bond acceptors (Lipinski definition) is 1. The minimum absolute atomic E-state index is 0.166. The summed E-state index contributed by atoms with van der Waals surface area (Å²) in [6.45, 7) is 6.71. The smallest absolute Gasteiger partial charge is 0.123 e. The Morgan fingerprint density at radius 1 is 1.19 bits per heavy atom. The molecule has 0 bridgehead atoms. The van der Waals surface area contributed by atoms with Gasteiger partial charge in [-0.25, -0.2) is 4.39 Å². The van der Waals surface area contributed by atoms with Gasteiger partial charge in [0.25, 0.3) is 0 Å². The average Bonchev–Trinajstić information content (AvgIpc) is 2.18.